The Kier molecular flexibility index (Phi) is 9.52. The van der Waals surface area contributed by atoms with E-state index in [1.807, 2.05) is 0 Å². The third-order valence-corrected chi connectivity index (χ3v) is 10.8. The van der Waals surface area contributed by atoms with Gasteiger partial charge in [-0.05, 0) is 85.6 Å². The molecule has 0 amide bonds. The number of carbonyl (C=O) groups excluding carboxylic acids is 2. The molecule has 0 fully saturated rings. The van der Waals surface area contributed by atoms with Crippen LogP contribution in [0.15, 0.2) is 47.6 Å². The van der Waals surface area contributed by atoms with Gasteiger partial charge in [0.1, 0.15) is 0 Å². The second kappa shape index (κ2) is 12.6. The molecule has 2 aliphatic rings. The Balaban J connectivity index is 1.56. The third kappa shape index (κ3) is 6.45. The smallest absolute Gasteiger partial charge is 0.220 e. The highest BCUT2D eigenvalue weighted by Crippen LogP contribution is 2.35. The predicted octanol–water partition coefficient (Wildman–Crippen LogP) is 7.65. The van der Waals surface area contributed by atoms with Crippen LogP contribution in [0.1, 0.15) is 78.1 Å². The predicted molar refractivity (Wildman–Crippen MR) is 151 cm³/mol. The molecule has 0 aromatic carbocycles. The molecule has 0 radical (unpaired) electrons. The Hall–Kier alpha value is -1.34. The molecule has 0 saturated heterocycles. The van der Waals surface area contributed by atoms with Crippen molar-refractivity contribution >= 4 is 66.2 Å². The highest BCUT2D eigenvalue weighted by molar-refractivity contribution is 8.22. The molecule has 180 valence electrons. The van der Waals surface area contributed by atoms with Crippen LogP contribution in [0.5, 0.6) is 0 Å². The summed E-state index contributed by atoms with van der Waals surface area (Å²) in [4.78, 5) is 27.1. The van der Waals surface area contributed by atoms with E-state index in [1.54, 1.807) is 22.7 Å². The van der Waals surface area contributed by atoms with Crippen LogP contribution in [0.2, 0.25) is 0 Å². The summed E-state index contributed by atoms with van der Waals surface area (Å²) in [6.45, 7) is 4.42. The fourth-order valence-corrected chi connectivity index (χ4v) is 8.25. The zero-order chi connectivity index (χ0) is 23.9. The number of rotatable bonds is 10. The molecule has 34 heavy (non-hydrogen) atoms. The van der Waals surface area contributed by atoms with E-state index in [1.165, 1.54) is 80.2 Å². The standard InChI is InChI=1S/C28H32O2S4/c1-3-5-7-9-11-19-17-25(33-27(19)29)23-15-13-21(31-23)22-14-16-24(32-22)26-18-20(28(30)34-26)12-10-8-6-4-2/h13-18H,3-12H2,1-2H3/b22-21-,25-23-,26-24-. The molecule has 0 unspecified atom stereocenters. The summed E-state index contributed by atoms with van der Waals surface area (Å²) in [5, 5.41) is 0.438. The van der Waals surface area contributed by atoms with Crippen LogP contribution in [0.25, 0.3) is 9.81 Å². The van der Waals surface area contributed by atoms with Gasteiger partial charge in [-0.1, -0.05) is 52.4 Å². The zero-order valence-corrected chi connectivity index (χ0v) is 23.3. The Labute approximate surface area is 218 Å². The number of hydrogen-bond acceptors (Lipinski definition) is 6. The third-order valence-electron chi connectivity index (χ3n) is 6.08. The van der Waals surface area contributed by atoms with E-state index in [4.69, 9.17) is 0 Å². The van der Waals surface area contributed by atoms with Gasteiger partial charge in [-0.15, -0.1) is 22.7 Å². The molecular formula is C28H32O2S4. The quantitative estimate of drug-likeness (QED) is 0.297. The SMILES string of the molecule is CCCCCCC1=C/C(=c2\cc/c(=c3\cc/c(=C4\C=C(CCCCCC)C(=O)S4)s3)s2)SC1=O. The van der Waals surface area contributed by atoms with Gasteiger partial charge in [0.05, 0.1) is 0 Å². The molecular weight excluding hydrogens is 497 g/mol. The van der Waals surface area contributed by atoms with Gasteiger partial charge in [0.25, 0.3) is 0 Å². The molecule has 0 aliphatic carbocycles. The fraction of sp³-hybridized carbons (Fsp3) is 0.429. The Morgan fingerprint density at radius 1 is 0.559 bits per heavy atom. The van der Waals surface area contributed by atoms with Gasteiger partial charge in [0.2, 0.25) is 10.2 Å². The zero-order valence-electron chi connectivity index (χ0n) is 20.0. The number of hydrogen-bond donors (Lipinski definition) is 0. The van der Waals surface area contributed by atoms with Crippen molar-refractivity contribution in [2.45, 2.75) is 78.1 Å². The van der Waals surface area contributed by atoms with Crippen molar-refractivity contribution < 1.29 is 9.59 Å². The molecule has 4 rings (SSSR count). The van der Waals surface area contributed by atoms with Crippen molar-refractivity contribution in [3.8, 4) is 0 Å². The van der Waals surface area contributed by atoms with Crippen molar-refractivity contribution in [2.75, 3.05) is 0 Å². The molecule has 6 heteroatoms. The number of thioether (sulfide) groups is 2. The van der Waals surface area contributed by atoms with Crippen molar-refractivity contribution in [1.29, 1.82) is 0 Å². The summed E-state index contributed by atoms with van der Waals surface area (Å²) in [6, 6.07) is 8.60. The Morgan fingerprint density at radius 3 is 1.38 bits per heavy atom. The van der Waals surface area contributed by atoms with Crippen LogP contribution in [-0.4, -0.2) is 10.2 Å². The minimum Gasteiger partial charge on any atom is -0.282 e. The summed E-state index contributed by atoms with van der Waals surface area (Å²) in [6.07, 6.45) is 15.5. The lowest BCUT2D eigenvalue weighted by atomic mass is 10.1. The van der Waals surface area contributed by atoms with Crippen molar-refractivity contribution in [3.63, 3.8) is 0 Å². The van der Waals surface area contributed by atoms with E-state index in [9.17, 15) is 9.59 Å². The summed E-state index contributed by atoms with van der Waals surface area (Å²) >= 11 is 6.26. The van der Waals surface area contributed by atoms with Crippen LogP contribution in [0.4, 0.5) is 0 Å². The maximum atomic E-state index is 12.4. The van der Waals surface area contributed by atoms with Crippen molar-refractivity contribution in [3.05, 3.63) is 65.7 Å². The summed E-state index contributed by atoms with van der Waals surface area (Å²) in [7, 11) is 0. The Bertz CT molecular complexity index is 1220. The van der Waals surface area contributed by atoms with Crippen molar-refractivity contribution in [1.82, 2.24) is 0 Å². The number of carbonyl (C=O) groups is 2. The maximum Gasteiger partial charge on any atom is 0.220 e. The van der Waals surface area contributed by atoms with Gasteiger partial charge in [-0.2, -0.15) is 0 Å². The lowest BCUT2D eigenvalue weighted by molar-refractivity contribution is -0.108. The van der Waals surface area contributed by atoms with Gasteiger partial charge in [-0.25, -0.2) is 0 Å². The molecule has 2 aliphatic heterocycles. The first-order chi connectivity index (χ1) is 16.6. The monoisotopic (exact) mass is 528 g/mol. The fourth-order valence-electron chi connectivity index (χ4n) is 4.11. The molecule has 0 N–H and O–H groups in total. The van der Waals surface area contributed by atoms with Gasteiger partial charge < -0.3 is 0 Å². The molecule has 0 saturated carbocycles. The maximum absolute atomic E-state index is 12.4. The van der Waals surface area contributed by atoms with Crippen LogP contribution >= 0.6 is 46.2 Å². The van der Waals surface area contributed by atoms with E-state index in [0.29, 0.717) is 0 Å². The lowest BCUT2D eigenvalue weighted by Crippen LogP contribution is -1.93. The van der Waals surface area contributed by atoms with Crippen molar-refractivity contribution in [2.24, 2.45) is 0 Å². The van der Waals surface area contributed by atoms with E-state index in [0.717, 1.165) is 46.6 Å². The van der Waals surface area contributed by atoms with Gasteiger partial charge in [0, 0.05) is 39.1 Å². The molecule has 2 nitrogen and oxygen atoms in total. The summed E-state index contributed by atoms with van der Waals surface area (Å²) < 4.78 is 4.77. The normalized spacial score (nSPS) is 20.3. The van der Waals surface area contributed by atoms with Crippen LogP contribution < -0.4 is 9.06 Å². The topological polar surface area (TPSA) is 34.1 Å². The molecule has 4 heterocycles. The number of unbranched alkanes of at least 4 members (excludes halogenated alkanes) is 6. The molecule has 0 spiro atoms. The minimum atomic E-state index is 0.219. The lowest BCUT2D eigenvalue weighted by Gasteiger charge is -1.98. The van der Waals surface area contributed by atoms with E-state index in [2.05, 4.69) is 50.3 Å². The minimum absolute atomic E-state index is 0.219. The van der Waals surface area contributed by atoms with E-state index in [-0.39, 0.29) is 10.2 Å². The highest BCUT2D eigenvalue weighted by atomic mass is 32.2. The average Bonchev–Trinajstić information content (AvgIpc) is 3.61. The van der Waals surface area contributed by atoms with E-state index >= 15 is 0 Å². The second-order valence-electron chi connectivity index (χ2n) is 8.80. The van der Waals surface area contributed by atoms with Gasteiger partial charge in [0.15, 0.2) is 0 Å². The number of thiophene rings is 2. The summed E-state index contributed by atoms with van der Waals surface area (Å²) in [5.74, 6) is 0. The largest absolute Gasteiger partial charge is 0.282 e. The molecule has 2 aromatic heterocycles. The van der Waals surface area contributed by atoms with Crippen LogP contribution in [0, 0.1) is 9.06 Å². The first-order valence-corrected chi connectivity index (χ1v) is 15.7. The van der Waals surface area contributed by atoms with E-state index < -0.39 is 0 Å². The first kappa shape index (κ1) is 25.7. The second-order valence-corrected chi connectivity index (χ2v) is 13.0. The average molecular weight is 529 g/mol. The first-order valence-electron chi connectivity index (χ1n) is 12.4. The van der Waals surface area contributed by atoms with Gasteiger partial charge >= 0.3 is 0 Å². The molecule has 2 aromatic rings. The molecule has 0 atom stereocenters. The molecule has 0 bridgehead atoms. The highest BCUT2D eigenvalue weighted by Gasteiger charge is 2.21. The van der Waals surface area contributed by atoms with Crippen LogP contribution in [-0.2, 0) is 9.59 Å². The summed E-state index contributed by atoms with van der Waals surface area (Å²) in [5.41, 5.74) is 1.95. The Morgan fingerprint density at radius 2 is 0.971 bits per heavy atom. The van der Waals surface area contributed by atoms with Crippen LogP contribution in [0.3, 0.4) is 0 Å². The van der Waals surface area contributed by atoms with Gasteiger partial charge in [-0.3, -0.25) is 9.59 Å².